The minimum Gasteiger partial charge on any atom is -0.310 e. The number of rotatable bonds is 7. The molecule has 0 rings (SSSR count). The van der Waals surface area contributed by atoms with E-state index >= 15 is 0 Å². The van der Waals surface area contributed by atoms with E-state index in [1.165, 1.54) is 0 Å². The van der Waals surface area contributed by atoms with Gasteiger partial charge in [0.1, 0.15) is 0 Å². The van der Waals surface area contributed by atoms with Gasteiger partial charge in [-0.2, -0.15) is 13.2 Å². The van der Waals surface area contributed by atoms with Gasteiger partial charge < -0.3 is 5.32 Å². The van der Waals surface area contributed by atoms with E-state index in [1.54, 1.807) is 0 Å². The van der Waals surface area contributed by atoms with E-state index in [9.17, 15) is 13.2 Å². The zero-order valence-corrected chi connectivity index (χ0v) is 10.0. The van der Waals surface area contributed by atoms with Crippen LogP contribution in [0.2, 0.25) is 0 Å². The Bertz CT molecular complexity index is 158. The molecule has 92 valence electrons. The van der Waals surface area contributed by atoms with Crippen LogP contribution in [0.5, 0.6) is 0 Å². The lowest BCUT2D eigenvalue weighted by molar-refractivity contribution is -0.135. The van der Waals surface area contributed by atoms with E-state index < -0.39 is 12.6 Å². The molecule has 0 heterocycles. The highest BCUT2D eigenvalue weighted by atomic mass is 35.5. The van der Waals surface area contributed by atoms with Crippen LogP contribution in [0.25, 0.3) is 0 Å². The third-order valence-corrected chi connectivity index (χ3v) is 3.26. The Kier molecular flexibility index (Phi) is 6.60. The lowest BCUT2D eigenvalue weighted by Crippen LogP contribution is -2.46. The van der Waals surface area contributed by atoms with Gasteiger partial charge in [-0.05, 0) is 25.8 Å². The van der Waals surface area contributed by atoms with Gasteiger partial charge in [0.25, 0.3) is 0 Å². The standard InChI is InChI=1S/C10H19ClF3N/c1-3-9(4-2,8-11)15-7-5-6-10(12,13)14/h15H,3-8H2,1-2H3. The van der Waals surface area contributed by atoms with Crippen molar-refractivity contribution >= 4 is 11.6 Å². The molecule has 5 heteroatoms. The molecular formula is C10H19ClF3N. The van der Waals surface area contributed by atoms with Gasteiger partial charge in [0.05, 0.1) is 0 Å². The highest BCUT2D eigenvalue weighted by Crippen LogP contribution is 2.22. The van der Waals surface area contributed by atoms with Crippen molar-refractivity contribution in [1.82, 2.24) is 5.32 Å². The van der Waals surface area contributed by atoms with Crippen molar-refractivity contribution < 1.29 is 13.2 Å². The molecule has 1 nitrogen and oxygen atoms in total. The Labute approximate surface area is 94.4 Å². The van der Waals surface area contributed by atoms with Gasteiger partial charge in [0.15, 0.2) is 0 Å². The van der Waals surface area contributed by atoms with Gasteiger partial charge in [0, 0.05) is 17.8 Å². The summed E-state index contributed by atoms with van der Waals surface area (Å²) in [6, 6.07) is 0. The van der Waals surface area contributed by atoms with Crippen molar-refractivity contribution in [3.63, 3.8) is 0 Å². The van der Waals surface area contributed by atoms with E-state index in [4.69, 9.17) is 11.6 Å². The van der Waals surface area contributed by atoms with Crippen LogP contribution in [-0.4, -0.2) is 24.1 Å². The van der Waals surface area contributed by atoms with Gasteiger partial charge >= 0.3 is 6.18 Å². The summed E-state index contributed by atoms with van der Waals surface area (Å²) in [6.07, 6.45) is -3.00. The number of nitrogens with one attached hydrogen (secondary N) is 1. The van der Waals surface area contributed by atoms with Crippen LogP contribution in [0.3, 0.4) is 0 Å². The van der Waals surface area contributed by atoms with E-state index in [0.717, 1.165) is 12.8 Å². The molecule has 0 saturated carbocycles. The highest BCUT2D eigenvalue weighted by molar-refractivity contribution is 6.18. The Morgan fingerprint density at radius 1 is 1.13 bits per heavy atom. The first kappa shape index (κ1) is 15.0. The molecule has 0 aromatic carbocycles. The molecule has 0 radical (unpaired) electrons. The van der Waals surface area contributed by atoms with E-state index in [-0.39, 0.29) is 12.0 Å². The maximum absolute atomic E-state index is 11.9. The quantitative estimate of drug-likeness (QED) is 0.533. The van der Waals surface area contributed by atoms with Crippen molar-refractivity contribution in [2.24, 2.45) is 0 Å². The summed E-state index contributed by atoms with van der Waals surface area (Å²) in [5, 5.41) is 3.12. The molecule has 0 amide bonds. The lowest BCUT2D eigenvalue weighted by atomic mass is 9.95. The van der Waals surface area contributed by atoms with Crippen molar-refractivity contribution in [2.45, 2.75) is 51.2 Å². The number of hydrogen-bond acceptors (Lipinski definition) is 1. The minimum atomic E-state index is -4.05. The smallest absolute Gasteiger partial charge is 0.310 e. The molecule has 0 spiro atoms. The second-order valence-corrected chi connectivity index (χ2v) is 4.03. The van der Waals surface area contributed by atoms with Crippen LogP contribution >= 0.6 is 11.6 Å². The largest absolute Gasteiger partial charge is 0.389 e. The zero-order valence-electron chi connectivity index (χ0n) is 9.25. The lowest BCUT2D eigenvalue weighted by Gasteiger charge is -2.31. The Morgan fingerprint density at radius 3 is 2.00 bits per heavy atom. The molecule has 0 aliphatic rings. The maximum atomic E-state index is 11.9. The monoisotopic (exact) mass is 245 g/mol. The fourth-order valence-corrected chi connectivity index (χ4v) is 1.85. The van der Waals surface area contributed by atoms with Crippen molar-refractivity contribution in [3.8, 4) is 0 Å². The van der Waals surface area contributed by atoms with Gasteiger partial charge in [-0.15, -0.1) is 11.6 Å². The third kappa shape index (κ3) is 6.25. The third-order valence-electron chi connectivity index (χ3n) is 2.75. The Morgan fingerprint density at radius 2 is 1.67 bits per heavy atom. The fourth-order valence-electron chi connectivity index (χ4n) is 1.38. The van der Waals surface area contributed by atoms with Crippen LogP contribution in [0, 0.1) is 0 Å². The fraction of sp³-hybridized carbons (Fsp3) is 1.00. The second kappa shape index (κ2) is 6.59. The molecule has 15 heavy (non-hydrogen) atoms. The predicted molar refractivity (Wildman–Crippen MR) is 57.3 cm³/mol. The molecule has 0 bridgehead atoms. The first-order valence-corrected chi connectivity index (χ1v) is 5.80. The van der Waals surface area contributed by atoms with E-state index in [2.05, 4.69) is 5.32 Å². The van der Waals surface area contributed by atoms with Crippen molar-refractivity contribution in [2.75, 3.05) is 12.4 Å². The molecule has 0 aromatic heterocycles. The normalized spacial score (nSPS) is 13.2. The Hall–Kier alpha value is 0.0400. The van der Waals surface area contributed by atoms with Crippen molar-refractivity contribution in [1.29, 1.82) is 0 Å². The summed E-state index contributed by atoms with van der Waals surface area (Å²) in [4.78, 5) is 0. The average Bonchev–Trinajstić information content (AvgIpc) is 2.18. The molecule has 0 fully saturated rings. The summed E-state index contributed by atoms with van der Waals surface area (Å²) >= 11 is 5.81. The van der Waals surface area contributed by atoms with Crippen LogP contribution in [0.15, 0.2) is 0 Å². The van der Waals surface area contributed by atoms with Crippen LogP contribution in [0.1, 0.15) is 39.5 Å². The van der Waals surface area contributed by atoms with Gasteiger partial charge in [0.2, 0.25) is 0 Å². The summed E-state index contributed by atoms with van der Waals surface area (Å²) in [6.45, 7) is 4.35. The predicted octanol–water partition coefficient (Wildman–Crippen LogP) is 3.72. The first-order valence-electron chi connectivity index (χ1n) is 5.27. The summed E-state index contributed by atoms with van der Waals surface area (Å²) in [7, 11) is 0. The summed E-state index contributed by atoms with van der Waals surface area (Å²) < 4.78 is 35.6. The van der Waals surface area contributed by atoms with Crippen molar-refractivity contribution in [3.05, 3.63) is 0 Å². The topological polar surface area (TPSA) is 12.0 Å². The number of halogens is 4. The molecule has 0 saturated heterocycles. The average molecular weight is 246 g/mol. The zero-order chi connectivity index (χ0) is 11.9. The molecule has 1 N–H and O–H groups in total. The minimum absolute atomic E-state index is 0.113. The van der Waals surface area contributed by atoms with Gasteiger partial charge in [-0.25, -0.2) is 0 Å². The molecular weight excluding hydrogens is 227 g/mol. The SMILES string of the molecule is CCC(CC)(CCl)NCCCC(F)(F)F. The first-order chi connectivity index (χ1) is 6.89. The molecule has 0 unspecified atom stereocenters. The number of hydrogen-bond donors (Lipinski definition) is 1. The molecule has 0 aliphatic carbocycles. The highest BCUT2D eigenvalue weighted by Gasteiger charge is 2.28. The summed E-state index contributed by atoms with van der Waals surface area (Å²) in [5.74, 6) is 0.437. The van der Waals surface area contributed by atoms with E-state index in [0.29, 0.717) is 12.4 Å². The second-order valence-electron chi connectivity index (χ2n) is 3.77. The Balaban J connectivity index is 3.82. The van der Waals surface area contributed by atoms with Crippen LogP contribution in [0.4, 0.5) is 13.2 Å². The molecule has 0 aliphatic heterocycles. The van der Waals surface area contributed by atoms with Crippen LogP contribution < -0.4 is 5.32 Å². The molecule has 0 atom stereocenters. The number of alkyl halides is 4. The van der Waals surface area contributed by atoms with Gasteiger partial charge in [-0.3, -0.25) is 0 Å². The van der Waals surface area contributed by atoms with Crippen LogP contribution in [-0.2, 0) is 0 Å². The maximum Gasteiger partial charge on any atom is 0.389 e. The van der Waals surface area contributed by atoms with E-state index in [1.807, 2.05) is 13.8 Å². The summed E-state index contributed by atoms with van der Waals surface area (Å²) in [5.41, 5.74) is -0.201. The van der Waals surface area contributed by atoms with Gasteiger partial charge in [-0.1, -0.05) is 13.8 Å². The molecule has 0 aromatic rings.